The molecular weight excluding hydrogens is 312 g/mol. The molecule has 126 valence electrons. The number of nitrogens with one attached hydrogen (secondary N) is 2. The molecular formula is C16H19N4O4+. The fourth-order valence-corrected chi connectivity index (χ4v) is 2.73. The third-order valence-electron chi connectivity index (χ3n) is 4.14. The number of furan rings is 1. The highest BCUT2D eigenvalue weighted by Gasteiger charge is 2.22. The average molecular weight is 331 g/mol. The summed E-state index contributed by atoms with van der Waals surface area (Å²) in [6.45, 7) is 3.60. The molecule has 1 fully saturated rings. The number of anilines is 2. The highest BCUT2D eigenvalue weighted by atomic mass is 16.6. The monoisotopic (exact) mass is 331 g/mol. The largest absolute Gasteiger partial charge is 0.459 e. The van der Waals surface area contributed by atoms with Gasteiger partial charge in [0, 0.05) is 12.1 Å². The molecule has 2 heterocycles. The van der Waals surface area contributed by atoms with Gasteiger partial charge < -0.3 is 19.5 Å². The average Bonchev–Trinajstić information content (AvgIpc) is 3.10. The van der Waals surface area contributed by atoms with Crippen LogP contribution in [-0.4, -0.2) is 44.1 Å². The lowest BCUT2D eigenvalue weighted by atomic mass is 10.2. The first-order valence-corrected chi connectivity index (χ1v) is 7.74. The van der Waals surface area contributed by atoms with Crippen molar-refractivity contribution in [2.75, 3.05) is 43.4 Å². The van der Waals surface area contributed by atoms with Gasteiger partial charge in [-0.2, -0.15) is 0 Å². The molecule has 8 heteroatoms. The molecule has 1 aliphatic rings. The lowest BCUT2D eigenvalue weighted by Crippen LogP contribution is -3.12. The van der Waals surface area contributed by atoms with E-state index in [4.69, 9.17) is 4.42 Å². The number of likely N-dealkylation sites (N-methyl/N-ethyl adjacent to an activating group) is 1. The van der Waals surface area contributed by atoms with Gasteiger partial charge in [0.15, 0.2) is 5.76 Å². The molecule has 24 heavy (non-hydrogen) atoms. The van der Waals surface area contributed by atoms with Crippen LogP contribution in [0, 0.1) is 10.1 Å². The highest BCUT2D eigenvalue weighted by molar-refractivity contribution is 6.04. The van der Waals surface area contributed by atoms with Crippen LogP contribution in [0.5, 0.6) is 0 Å². The molecule has 1 aliphatic heterocycles. The molecule has 0 saturated carbocycles. The van der Waals surface area contributed by atoms with Crippen molar-refractivity contribution in [2.24, 2.45) is 0 Å². The number of nitro groups is 1. The molecule has 1 amide bonds. The van der Waals surface area contributed by atoms with Gasteiger partial charge in [0.1, 0.15) is 0 Å². The summed E-state index contributed by atoms with van der Waals surface area (Å²) in [5.41, 5.74) is 1.14. The van der Waals surface area contributed by atoms with Crippen molar-refractivity contribution in [1.82, 2.24) is 0 Å². The van der Waals surface area contributed by atoms with E-state index < -0.39 is 10.8 Å². The van der Waals surface area contributed by atoms with Crippen LogP contribution in [-0.2, 0) is 0 Å². The number of nitrogens with zero attached hydrogens (tertiary/aromatic N) is 2. The predicted octanol–water partition coefficient (Wildman–Crippen LogP) is 0.775. The van der Waals surface area contributed by atoms with Crippen molar-refractivity contribution >= 4 is 23.0 Å². The van der Waals surface area contributed by atoms with E-state index in [2.05, 4.69) is 17.3 Å². The molecule has 0 bridgehead atoms. The molecule has 1 aromatic carbocycles. The summed E-state index contributed by atoms with van der Waals surface area (Å²) in [4.78, 5) is 26.4. The normalized spacial score (nSPS) is 15.3. The Morgan fingerprint density at radius 1 is 1.33 bits per heavy atom. The number of nitro benzene ring substituents is 1. The van der Waals surface area contributed by atoms with E-state index in [0.29, 0.717) is 5.69 Å². The lowest BCUT2D eigenvalue weighted by Gasteiger charge is -2.32. The van der Waals surface area contributed by atoms with E-state index in [1.54, 1.807) is 18.2 Å². The van der Waals surface area contributed by atoms with Gasteiger partial charge in [-0.25, -0.2) is 0 Å². The number of amides is 1. The van der Waals surface area contributed by atoms with E-state index in [-0.39, 0.29) is 11.4 Å². The number of piperazine rings is 1. The standard InChI is InChI=1S/C16H18N4O4/c1-18-6-8-19(9-7-18)14-5-4-12(20(22)23)11-13(14)17-16(21)15-3-2-10-24-15/h2-5,10-11H,6-9H2,1H3,(H,17,21)/p+1. The number of hydrogen-bond acceptors (Lipinski definition) is 5. The minimum atomic E-state index is -0.472. The van der Waals surface area contributed by atoms with Crippen LogP contribution in [0.4, 0.5) is 17.1 Å². The van der Waals surface area contributed by atoms with Crippen LogP contribution in [0.25, 0.3) is 0 Å². The summed E-state index contributed by atoms with van der Waals surface area (Å²) >= 11 is 0. The van der Waals surface area contributed by atoms with Gasteiger partial charge in [0.25, 0.3) is 11.6 Å². The molecule has 0 unspecified atom stereocenters. The topological polar surface area (TPSA) is 93.1 Å². The Morgan fingerprint density at radius 3 is 2.71 bits per heavy atom. The van der Waals surface area contributed by atoms with Crippen molar-refractivity contribution in [1.29, 1.82) is 0 Å². The molecule has 0 spiro atoms. The third-order valence-corrected chi connectivity index (χ3v) is 4.14. The summed E-state index contributed by atoms with van der Waals surface area (Å²) in [6.07, 6.45) is 1.41. The third kappa shape index (κ3) is 3.38. The number of benzene rings is 1. The molecule has 8 nitrogen and oxygen atoms in total. The molecule has 2 N–H and O–H groups in total. The maximum atomic E-state index is 12.2. The van der Waals surface area contributed by atoms with E-state index in [9.17, 15) is 14.9 Å². The molecule has 1 saturated heterocycles. The Kier molecular flexibility index (Phi) is 4.48. The first kappa shape index (κ1) is 16.0. The summed E-state index contributed by atoms with van der Waals surface area (Å²) in [5.74, 6) is -0.267. The quantitative estimate of drug-likeness (QED) is 0.638. The van der Waals surface area contributed by atoms with Crippen LogP contribution in [0.1, 0.15) is 10.6 Å². The first-order chi connectivity index (χ1) is 11.5. The Labute approximate surface area is 138 Å². The summed E-state index contributed by atoms with van der Waals surface area (Å²) < 4.78 is 5.08. The maximum Gasteiger partial charge on any atom is 0.291 e. The van der Waals surface area contributed by atoms with Gasteiger partial charge in [-0.15, -0.1) is 0 Å². The Balaban J connectivity index is 1.90. The molecule has 0 radical (unpaired) electrons. The molecule has 0 aliphatic carbocycles. The Bertz CT molecular complexity index is 737. The fraction of sp³-hybridized carbons (Fsp3) is 0.312. The minimum absolute atomic E-state index is 0.0618. The number of rotatable bonds is 4. The summed E-state index contributed by atoms with van der Waals surface area (Å²) in [6, 6.07) is 7.71. The zero-order valence-electron chi connectivity index (χ0n) is 13.3. The molecule has 2 aromatic rings. The summed E-state index contributed by atoms with van der Waals surface area (Å²) in [5, 5.41) is 13.8. The first-order valence-electron chi connectivity index (χ1n) is 7.74. The van der Waals surface area contributed by atoms with Crippen molar-refractivity contribution in [3.63, 3.8) is 0 Å². The van der Waals surface area contributed by atoms with E-state index in [0.717, 1.165) is 31.9 Å². The number of hydrogen-bond donors (Lipinski definition) is 2. The minimum Gasteiger partial charge on any atom is -0.459 e. The number of carbonyl (C=O) groups excluding carboxylic acids is 1. The second-order valence-electron chi connectivity index (χ2n) is 5.83. The fourth-order valence-electron chi connectivity index (χ4n) is 2.73. The van der Waals surface area contributed by atoms with Crippen LogP contribution in [0.3, 0.4) is 0 Å². The van der Waals surface area contributed by atoms with E-state index >= 15 is 0 Å². The summed E-state index contributed by atoms with van der Waals surface area (Å²) in [7, 11) is 2.13. The lowest BCUT2D eigenvalue weighted by molar-refractivity contribution is -0.880. The highest BCUT2D eigenvalue weighted by Crippen LogP contribution is 2.30. The van der Waals surface area contributed by atoms with Crippen LogP contribution in [0.15, 0.2) is 41.0 Å². The maximum absolute atomic E-state index is 12.2. The van der Waals surface area contributed by atoms with Gasteiger partial charge in [-0.3, -0.25) is 14.9 Å². The van der Waals surface area contributed by atoms with Gasteiger partial charge in [0.05, 0.1) is 55.8 Å². The molecule has 0 atom stereocenters. The van der Waals surface area contributed by atoms with Crippen molar-refractivity contribution < 1.29 is 19.0 Å². The van der Waals surface area contributed by atoms with Gasteiger partial charge in [-0.1, -0.05) is 0 Å². The van der Waals surface area contributed by atoms with Crippen LogP contribution in [0.2, 0.25) is 0 Å². The van der Waals surface area contributed by atoms with Crippen molar-refractivity contribution in [3.8, 4) is 0 Å². The Hall–Kier alpha value is -2.87. The smallest absolute Gasteiger partial charge is 0.291 e. The molecule has 3 rings (SSSR count). The van der Waals surface area contributed by atoms with Gasteiger partial charge >= 0.3 is 0 Å². The van der Waals surface area contributed by atoms with Crippen LogP contribution >= 0.6 is 0 Å². The second-order valence-corrected chi connectivity index (χ2v) is 5.83. The SMILES string of the molecule is C[NH+]1CCN(c2ccc([N+](=O)[O-])cc2NC(=O)c2ccco2)CC1. The zero-order chi connectivity index (χ0) is 17.1. The number of carbonyl (C=O) groups is 1. The van der Waals surface area contributed by atoms with Crippen molar-refractivity contribution in [2.45, 2.75) is 0 Å². The predicted molar refractivity (Wildman–Crippen MR) is 88.6 cm³/mol. The zero-order valence-corrected chi connectivity index (χ0v) is 13.3. The van der Waals surface area contributed by atoms with Crippen LogP contribution < -0.4 is 15.1 Å². The molecule has 1 aromatic heterocycles. The Morgan fingerprint density at radius 2 is 2.08 bits per heavy atom. The van der Waals surface area contributed by atoms with Gasteiger partial charge in [-0.05, 0) is 18.2 Å². The van der Waals surface area contributed by atoms with Crippen molar-refractivity contribution in [3.05, 3.63) is 52.5 Å². The van der Waals surface area contributed by atoms with E-state index in [1.165, 1.54) is 23.3 Å². The number of quaternary nitrogens is 1. The second kappa shape index (κ2) is 6.71. The number of non-ortho nitro benzene ring substituents is 1. The van der Waals surface area contributed by atoms with E-state index in [1.807, 2.05) is 0 Å². The van der Waals surface area contributed by atoms with Gasteiger partial charge in [0.2, 0.25) is 0 Å².